The fourth-order valence-corrected chi connectivity index (χ4v) is 1.95. The minimum atomic E-state index is -0.290. The van der Waals surface area contributed by atoms with Gasteiger partial charge in [0, 0.05) is 17.5 Å². The number of aromatic nitrogens is 4. The van der Waals surface area contributed by atoms with Crippen LogP contribution in [0.1, 0.15) is 20.3 Å². The summed E-state index contributed by atoms with van der Waals surface area (Å²) in [4.78, 5) is 15.4. The molecule has 2 unspecified atom stereocenters. The Morgan fingerprint density at radius 2 is 2.35 bits per heavy atom. The lowest BCUT2D eigenvalue weighted by Crippen LogP contribution is -2.19. The highest BCUT2D eigenvalue weighted by molar-refractivity contribution is 6.20. The van der Waals surface area contributed by atoms with Crippen molar-refractivity contribution in [1.82, 2.24) is 19.6 Å². The molecule has 2 atom stereocenters. The number of rotatable bonds is 4. The smallest absolute Gasteiger partial charge is 0.348 e. The SMILES string of the molecule is CC(Cl)CC(C)Nc1cc2n[nH]c(=O)n2cn1. The lowest BCUT2D eigenvalue weighted by atomic mass is 10.2. The van der Waals surface area contributed by atoms with Gasteiger partial charge >= 0.3 is 5.69 Å². The van der Waals surface area contributed by atoms with E-state index in [1.54, 1.807) is 6.07 Å². The second kappa shape index (κ2) is 4.75. The van der Waals surface area contributed by atoms with Crippen LogP contribution < -0.4 is 11.0 Å². The van der Waals surface area contributed by atoms with E-state index in [0.29, 0.717) is 11.5 Å². The zero-order valence-corrected chi connectivity index (χ0v) is 10.4. The summed E-state index contributed by atoms with van der Waals surface area (Å²) in [5.41, 5.74) is 0.250. The van der Waals surface area contributed by atoms with Gasteiger partial charge in [-0.05, 0) is 20.3 Å². The summed E-state index contributed by atoms with van der Waals surface area (Å²) >= 11 is 5.91. The van der Waals surface area contributed by atoms with Crippen molar-refractivity contribution in [3.63, 3.8) is 0 Å². The summed E-state index contributed by atoms with van der Waals surface area (Å²) < 4.78 is 1.35. The molecule has 6 nitrogen and oxygen atoms in total. The Hall–Kier alpha value is -1.56. The van der Waals surface area contributed by atoms with E-state index in [1.807, 2.05) is 13.8 Å². The molecular weight excluding hydrogens is 242 g/mol. The van der Waals surface area contributed by atoms with Gasteiger partial charge in [0.05, 0.1) is 0 Å². The molecule has 0 fully saturated rings. The average molecular weight is 256 g/mol. The second-order valence-electron chi connectivity index (χ2n) is 4.09. The number of nitrogens with zero attached hydrogens (tertiary/aromatic N) is 3. The Morgan fingerprint density at radius 3 is 3.06 bits per heavy atom. The van der Waals surface area contributed by atoms with Gasteiger partial charge in [-0.1, -0.05) is 0 Å². The lowest BCUT2D eigenvalue weighted by Gasteiger charge is -2.15. The minimum Gasteiger partial charge on any atom is -0.367 e. The van der Waals surface area contributed by atoms with Crippen LogP contribution in [0.5, 0.6) is 0 Å². The van der Waals surface area contributed by atoms with E-state index >= 15 is 0 Å². The Labute approximate surface area is 103 Å². The highest BCUT2D eigenvalue weighted by Gasteiger charge is 2.08. The van der Waals surface area contributed by atoms with Crippen LogP contribution in [0, 0.1) is 0 Å². The quantitative estimate of drug-likeness (QED) is 0.806. The number of aromatic amines is 1. The van der Waals surface area contributed by atoms with E-state index in [4.69, 9.17) is 11.6 Å². The largest absolute Gasteiger partial charge is 0.367 e. The van der Waals surface area contributed by atoms with E-state index < -0.39 is 0 Å². The fourth-order valence-electron chi connectivity index (χ4n) is 1.69. The predicted molar refractivity (Wildman–Crippen MR) is 66.6 cm³/mol. The summed E-state index contributed by atoms with van der Waals surface area (Å²) in [6.45, 7) is 3.98. The molecule has 0 aliphatic rings. The molecule has 7 heteroatoms. The number of alkyl halides is 1. The van der Waals surface area contributed by atoms with E-state index in [2.05, 4.69) is 20.5 Å². The van der Waals surface area contributed by atoms with Crippen molar-refractivity contribution in [3.8, 4) is 0 Å². The maximum atomic E-state index is 11.2. The highest BCUT2D eigenvalue weighted by Crippen LogP contribution is 2.11. The topological polar surface area (TPSA) is 75.1 Å². The van der Waals surface area contributed by atoms with E-state index in [9.17, 15) is 4.79 Å². The first-order chi connectivity index (χ1) is 8.06. The molecule has 2 N–H and O–H groups in total. The molecule has 92 valence electrons. The average Bonchev–Trinajstić information content (AvgIpc) is 2.58. The summed E-state index contributed by atoms with van der Waals surface area (Å²) in [6, 6.07) is 1.93. The van der Waals surface area contributed by atoms with Crippen LogP contribution in [0.2, 0.25) is 0 Å². The zero-order valence-electron chi connectivity index (χ0n) is 9.64. The maximum Gasteiger partial charge on any atom is 0.348 e. The van der Waals surface area contributed by atoms with Gasteiger partial charge in [-0.2, -0.15) is 5.10 Å². The van der Waals surface area contributed by atoms with Crippen molar-refractivity contribution in [2.45, 2.75) is 31.7 Å². The predicted octanol–water partition coefficient (Wildman–Crippen LogP) is 1.24. The van der Waals surface area contributed by atoms with Crippen LogP contribution in [0.15, 0.2) is 17.2 Å². The van der Waals surface area contributed by atoms with Gasteiger partial charge in [-0.15, -0.1) is 11.6 Å². The summed E-state index contributed by atoms with van der Waals surface area (Å²) in [7, 11) is 0. The molecule has 0 amide bonds. The van der Waals surface area contributed by atoms with Crippen molar-refractivity contribution in [1.29, 1.82) is 0 Å². The summed E-state index contributed by atoms with van der Waals surface area (Å²) in [5, 5.41) is 9.54. The molecule has 2 heterocycles. The third kappa shape index (κ3) is 2.76. The molecule has 0 bridgehead atoms. The molecule has 17 heavy (non-hydrogen) atoms. The molecule has 0 spiro atoms. The maximum absolute atomic E-state index is 11.2. The van der Waals surface area contributed by atoms with E-state index in [1.165, 1.54) is 10.7 Å². The van der Waals surface area contributed by atoms with Crippen molar-refractivity contribution in [3.05, 3.63) is 22.9 Å². The number of anilines is 1. The highest BCUT2D eigenvalue weighted by atomic mass is 35.5. The molecule has 0 radical (unpaired) electrons. The summed E-state index contributed by atoms with van der Waals surface area (Å²) in [5.74, 6) is 0.682. The first-order valence-corrected chi connectivity index (χ1v) is 5.83. The molecule has 0 aliphatic heterocycles. The molecule has 2 aromatic rings. The van der Waals surface area contributed by atoms with Crippen molar-refractivity contribution in [2.24, 2.45) is 0 Å². The van der Waals surface area contributed by atoms with Gasteiger partial charge in [0.2, 0.25) is 0 Å². The number of nitrogens with one attached hydrogen (secondary N) is 2. The second-order valence-corrected chi connectivity index (χ2v) is 4.84. The van der Waals surface area contributed by atoms with Crippen LogP contribution in [0.3, 0.4) is 0 Å². The van der Waals surface area contributed by atoms with E-state index in [-0.39, 0.29) is 17.1 Å². The molecule has 2 rings (SSSR count). The fraction of sp³-hybridized carbons (Fsp3) is 0.500. The molecule has 0 saturated carbocycles. The normalized spacial score (nSPS) is 14.8. The van der Waals surface area contributed by atoms with Crippen LogP contribution >= 0.6 is 11.6 Å². The Bertz CT molecular complexity index is 561. The number of H-pyrrole nitrogens is 1. The van der Waals surface area contributed by atoms with Crippen molar-refractivity contribution >= 4 is 23.1 Å². The van der Waals surface area contributed by atoms with Gasteiger partial charge in [0.1, 0.15) is 12.1 Å². The van der Waals surface area contributed by atoms with Crippen LogP contribution in [0.25, 0.3) is 5.65 Å². The minimum absolute atomic E-state index is 0.106. The lowest BCUT2D eigenvalue weighted by molar-refractivity contribution is 0.693. The van der Waals surface area contributed by atoms with Gasteiger partial charge in [0.25, 0.3) is 0 Å². The Morgan fingerprint density at radius 1 is 1.59 bits per heavy atom. The first kappa shape index (κ1) is 11.9. The Kier molecular flexibility index (Phi) is 3.33. The van der Waals surface area contributed by atoms with Crippen LogP contribution in [0.4, 0.5) is 5.82 Å². The van der Waals surface area contributed by atoms with Crippen LogP contribution in [-0.4, -0.2) is 31.0 Å². The van der Waals surface area contributed by atoms with Gasteiger partial charge < -0.3 is 5.32 Å². The van der Waals surface area contributed by atoms with Gasteiger partial charge in [-0.25, -0.2) is 19.3 Å². The molecule has 0 aromatic carbocycles. The summed E-state index contributed by atoms with van der Waals surface area (Å²) in [6.07, 6.45) is 2.28. The van der Waals surface area contributed by atoms with E-state index in [0.717, 1.165) is 6.42 Å². The van der Waals surface area contributed by atoms with Crippen molar-refractivity contribution in [2.75, 3.05) is 5.32 Å². The Balaban J connectivity index is 2.16. The zero-order chi connectivity index (χ0) is 12.4. The first-order valence-electron chi connectivity index (χ1n) is 5.39. The van der Waals surface area contributed by atoms with Crippen LogP contribution in [-0.2, 0) is 0 Å². The third-order valence-corrected chi connectivity index (χ3v) is 2.56. The van der Waals surface area contributed by atoms with Crippen molar-refractivity contribution < 1.29 is 0 Å². The number of hydrogen-bond donors (Lipinski definition) is 2. The monoisotopic (exact) mass is 255 g/mol. The van der Waals surface area contributed by atoms with Gasteiger partial charge in [0.15, 0.2) is 5.65 Å². The molecular formula is C10H14ClN5O. The molecule has 2 aromatic heterocycles. The molecule has 0 saturated heterocycles. The number of halogens is 1. The number of fused-ring (bicyclic) bond motifs is 1. The standard InChI is InChI=1S/C10H14ClN5O/c1-6(11)3-7(2)13-8-4-9-14-15-10(17)16(9)5-12-8/h4-7,13H,3H2,1-2H3,(H,15,17). The van der Waals surface area contributed by atoms with Gasteiger partial charge in [-0.3, -0.25) is 0 Å². The third-order valence-electron chi connectivity index (χ3n) is 2.38. The number of hydrogen-bond acceptors (Lipinski definition) is 4. The molecule has 0 aliphatic carbocycles.